The van der Waals surface area contributed by atoms with Gasteiger partial charge in [0.1, 0.15) is 11.6 Å². The molecular formula is C12H17F2NO. The van der Waals surface area contributed by atoms with E-state index in [1.807, 2.05) is 13.8 Å². The molecule has 0 aliphatic carbocycles. The van der Waals surface area contributed by atoms with Gasteiger partial charge in [-0.3, -0.25) is 0 Å². The zero-order valence-corrected chi connectivity index (χ0v) is 9.76. The van der Waals surface area contributed by atoms with Crippen molar-refractivity contribution in [1.82, 2.24) is 0 Å². The Morgan fingerprint density at radius 1 is 1.31 bits per heavy atom. The molecule has 0 amide bonds. The van der Waals surface area contributed by atoms with Gasteiger partial charge < -0.3 is 10.5 Å². The first-order valence-electron chi connectivity index (χ1n) is 5.19. The van der Waals surface area contributed by atoms with E-state index in [4.69, 9.17) is 10.5 Å². The molecule has 1 aromatic rings. The minimum atomic E-state index is -0.625. The van der Waals surface area contributed by atoms with Crippen molar-refractivity contribution >= 4 is 0 Å². The van der Waals surface area contributed by atoms with Crippen LogP contribution in [-0.4, -0.2) is 12.7 Å². The van der Waals surface area contributed by atoms with Crippen LogP contribution in [0.5, 0.6) is 0 Å². The van der Waals surface area contributed by atoms with Gasteiger partial charge in [-0.15, -0.1) is 0 Å². The molecule has 0 aliphatic heterocycles. The predicted molar refractivity (Wildman–Crippen MR) is 59.0 cm³/mol. The zero-order valence-electron chi connectivity index (χ0n) is 9.76. The minimum Gasteiger partial charge on any atom is -0.377 e. The Balaban J connectivity index is 3.08. The van der Waals surface area contributed by atoms with Crippen molar-refractivity contribution < 1.29 is 13.5 Å². The van der Waals surface area contributed by atoms with Crippen molar-refractivity contribution in [3.05, 3.63) is 35.4 Å². The quantitative estimate of drug-likeness (QED) is 0.861. The van der Waals surface area contributed by atoms with Crippen LogP contribution in [0.15, 0.2) is 18.2 Å². The average Bonchev–Trinajstić information content (AvgIpc) is 2.25. The van der Waals surface area contributed by atoms with E-state index in [2.05, 4.69) is 0 Å². The molecule has 2 atom stereocenters. The molecule has 0 bridgehead atoms. The fraction of sp³-hybridized carbons (Fsp3) is 0.500. The maximum atomic E-state index is 13.0. The van der Waals surface area contributed by atoms with E-state index in [0.29, 0.717) is 12.0 Å². The smallest absolute Gasteiger partial charge is 0.126 e. The minimum absolute atomic E-state index is 0.406. The predicted octanol–water partition coefficient (Wildman–Crippen LogP) is 2.78. The highest BCUT2D eigenvalue weighted by Gasteiger charge is 2.31. The summed E-state index contributed by atoms with van der Waals surface area (Å²) in [6.07, 6.45) is 0.656. The van der Waals surface area contributed by atoms with Crippen molar-refractivity contribution in [1.29, 1.82) is 0 Å². The maximum Gasteiger partial charge on any atom is 0.126 e. The zero-order chi connectivity index (χ0) is 12.3. The number of rotatable bonds is 4. The number of halogens is 2. The van der Waals surface area contributed by atoms with Crippen LogP contribution >= 0.6 is 0 Å². The van der Waals surface area contributed by atoms with Crippen LogP contribution in [0.2, 0.25) is 0 Å². The van der Waals surface area contributed by atoms with Gasteiger partial charge in [-0.25, -0.2) is 8.78 Å². The van der Waals surface area contributed by atoms with E-state index in [1.54, 1.807) is 7.11 Å². The summed E-state index contributed by atoms with van der Waals surface area (Å²) in [5.41, 5.74) is 5.76. The SMILES string of the molecule is CCC(C)(OC)C(N)c1cc(F)cc(F)c1. The third-order valence-electron chi connectivity index (χ3n) is 3.07. The molecule has 0 aliphatic rings. The van der Waals surface area contributed by atoms with Crippen LogP contribution in [0.25, 0.3) is 0 Å². The molecule has 0 fully saturated rings. The summed E-state index contributed by atoms with van der Waals surface area (Å²) in [6.45, 7) is 3.74. The molecule has 4 heteroatoms. The van der Waals surface area contributed by atoms with E-state index in [9.17, 15) is 8.78 Å². The number of hydrogen-bond donors (Lipinski definition) is 1. The first-order valence-corrected chi connectivity index (χ1v) is 5.19. The number of ether oxygens (including phenoxy) is 1. The van der Waals surface area contributed by atoms with Gasteiger partial charge in [-0.2, -0.15) is 0 Å². The van der Waals surface area contributed by atoms with Crippen LogP contribution in [0, 0.1) is 11.6 Å². The monoisotopic (exact) mass is 229 g/mol. The highest BCUT2D eigenvalue weighted by Crippen LogP contribution is 2.30. The maximum absolute atomic E-state index is 13.0. The number of hydrogen-bond acceptors (Lipinski definition) is 2. The molecule has 0 spiro atoms. The van der Waals surface area contributed by atoms with Gasteiger partial charge in [0, 0.05) is 13.2 Å². The standard InChI is InChI=1S/C12H17F2NO/c1-4-12(2,16-3)11(15)8-5-9(13)7-10(14)6-8/h5-7,11H,4,15H2,1-3H3. The Bertz CT molecular complexity index is 344. The summed E-state index contributed by atoms with van der Waals surface area (Å²) in [5, 5.41) is 0. The first-order chi connectivity index (χ1) is 7.42. The Labute approximate surface area is 94.4 Å². The Kier molecular flexibility index (Phi) is 3.99. The van der Waals surface area contributed by atoms with Gasteiger partial charge in [0.2, 0.25) is 0 Å². The van der Waals surface area contributed by atoms with Crippen LogP contribution in [0.4, 0.5) is 8.78 Å². The lowest BCUT2D eigenvalue weighted by Gasteiger charge is -2.33. The van der Waals surface area contributed by atoms with Gasteiger partial charge in [-0.1, -0.05) is 6.92 Å². The van der Waals surface area contributed by atoms with Crippen molar-refractivity contribution in [2.24, 2.45) is 5.73 Å². The average molecular weight is 229 g/mol. The van der Waals surface area contributed by atoms with Crippen molar-refractivity contribution in [2.75, 3.05) is 7.11 Å². The summed E-state index contributed by atoms with van der Waals surface area (Å²) in [6, 6.07) is 2.74. The van der Waals surface area contributed by atoms with Crippen molar-refractivity contribution in [3.63, 3.8) is 0 Å². The number of benzene rings is 1. The van der Waals surface area contributed by atoms with Gasteiger partial charge >= 0.3 is 0 Å². The summed E-state index contributed by atoms with van der Waals surface area (Å²) in [7, 11) is 1.54. The highest BCUT2D eigenvalue weighted by atomic mass is 19.1. The summed E-state index contributed by atoms with van der Waals surface area (Å²) >= 11 is 0. The van der Waals surface area contributed by atoms with Crippen LogP contribution in [0.1, 0.15) is 31.9 Å². The second-order valence-electron chi connectivity index (χ2n) is 4.05. The van der Waals surface area contributed by atoms with Crippen molar-refractivity contribution in [2.45, 2.75) is 31.9 Å². The molecule has 0 saturated heterocycles. The molecule has 1 aromatic carbocycles. The van der Waals surface area contributed by atoms with Crippen molar-refractivity contribution in [3.8, 4) is 0 Å². The molecule has 16 heavy (non-hydrogen) atoms. The molecule has 2 N–H and O–H groups in total. The van der Waals surface area contributed by atoms with E-state index in [0.717, 1.165) is 6.07 Å². The van der Waals surface area contributed by atoms with Crippen LogP contribution < -0.4 is 5.73 Å². The topological polar surface area (TPSA) is 35.2 Å². The van der Waals surface area contributed by atoms with E-state index in [-0.39, 0.29) is 0 Å². The molecule has 0 aromatic heterocycles. The molecule has 1 rings (SSSR count). The fourth-order valence-corrected chi connectivity index (χ4v) is 1.60. The normalized spacial score (nSPS) is 16.9. The summed E-state index contributed by atoms with van der Waals surface area (Å²) < 4.78 is 31.4. The molecule has 90 valence electrons. The Hall–Kier alpha value is -1.00. The Morgan fingerprint density at radius 3 is 2.19 bits per heavy atom. The molecule has 0 saturated carbocycles. The molecule has 2 nitrogen and oxygen atoms in total. The van der Waals surface area contributed by atoms with Crippen LogP contribution in [-0.2, 0) is 4.74 Å². The first kappa shape index (κ1) is 13.1. The second kappa shape index (κ2) is 4.89. The largest absolute Gasteiger partial charge is 0.377 e. The lowest BCUT2D eigenvalue weighted by molar-refractivity contribution is -0.0195. The Morgan fingerprint density at radius 2 is 1.81 bits per heavy atom. The van der Waals surface area contributed by atoms with Gasteiger partial charge in [0.15, 0.2) is 0 Å². The molecule has 0 heterocycles. The fourth-order valence-electron chi connectivity index (χ4n) is 1.60. The summed E-state index contributed by atoms with van der Waals surface area (Å²) in [4.78, 5) is 0. The number of nitrogens with two attached hydrogens (primary N) is 1. The van der Waals surface area contributed by atoms with E-state index in [1.165, 1.54) is 12.1 Å². The van der Waals surface area contributed by atoms with Gasteiger partial charge in [-0.05, 0) is 31.0 Å². The molecule has 0 radical (unpaired) electrons. The molecular weight excluding hydrogens is 212 g/mol. The molecule has 2 unspecified atom stereocenters. The van der Waals surface area contributed by atoms with Gasteiger partial charge in [0.25, 0.3) is 0 Å². The lowest BCUT2D eigenvalue weighted by atomic mass is 9.88. The van der Waals surface area contributed by atoms with E-state index < -0.39 is 23.3 Å². The van der Waals surface area contributed by atoms with Gasteiger partial charge in [0.05, 0.1) is 11.6 Å². The summed E-state index contributed by atoms with van der Waals surface area (Å²) in [5.74, 6) is -1.25. The van der Waals surface area contributed by atoms with E-state index >= 15 is 0 Å². The number of methoxy groups -OCH3 is 1. The lowest BCUT2D eigenvalue weighted by Crippen LogP contribution is -2.39. The second-order valence-corrected chi connectivity index (χ2v) is 4.05. The third kappa shape index (κ3) is 2.57. The van der Waals surface area contributed by atoms with Crippen LogP contribution in [0.3, 0.4) is 0 Å². The third-order valence-corrected chi connectivity index (χ3v) is 3.07. The highest BCUT2D eigenvalue weighted by molar-refractivity contribution is 5.23.